The summed E-state index contributed by atoms with van der Waals surface area (Å²) >= 11 is 0. The molecule has 0 saturated carbocycles. The van der Waals surface area contributed by atoms with E-state index >= 15 is 0 Å². The fourth-order valence-corrected chi connectivity index (χ4v) is 2.53. The van der Waals surface area contributed by atoms with E-state index in [2.05, 4.69) is 5.32 Å². The number of hydrogen-bond donors (Lipinski definition) is 2. The third-order valence-corrected chi connectivity index (χ3v) is 4.24. The standard InChI is InChI=1S/C15H23NO5S/c1-15(18,11-21-2)10-16-14(17)9-6-12-4-7-13(8-5-12)22(3,19)20/h4-5,7-8,18H,6,9-11H2,1-3H3,(H,16,17). The van der Waals surface area contributed by atoms with Crippen LogP contribution < -0.4 is 5.32 Å². The highest BCUT2D eigenvalue weighted by atomic mass is 32.2. The van der Waals surface area contributed by atoms with Crippen LogP contribution in [0, 0.1) is 0 Å². The molecule has 0 aliphatic carbocycles. The van der Waals surface area contributed by atoms with Gasteiger partial charge in [0.15, 0.2) is 9.84 Å². The largest absolute Gasteiger partial charge is 0.386 e. The normalized spacial score (nSPS) is 14.4. The molecule has 2 N–H and O–H groups in total. The number of nitrogens with one attached hydrogen (secondary N) is 1. The molecule has 6 nitrogen and oxygen atoms in total. The molecule has 0 saturated heterocycles. The van der Waals surface area contributed by atoms with Gasteiger partial charge in [-0.25, -0.2) is 8.42 Å². The number of carbonyl (C=O) groups is 1. The lowest BCUT2D eigenvalue weighted by Crippen LogP contribution is -2.43. The van der Waals surface area contributed by atoms with E-state index in [0.717, 1.165) is 11.8 Å². The summed E-state index contributed by atoms with van der Waals surface area (Å²) < 4.78 is 27.5. The highest BCUT2D eigenvalue weighted by molar-refractivity contribution is 7.90. The van der Waals surface area contributed by atoms with E-state index in [-0.39, 0.29) is 30.4 Å². The van der Waals surface area contributed by atoms with Crippen molar-refractivity contribution < 1.29 is 23.1 Å². The Morgan fingerprint density at radius 1 is 1.32 bits per heavy atom. The lowest BCUT2D eigenvalue weighted by molar-refractivity contribution is -0.122. The highest BCUT2D eigenvalue weighted by Crippen LogP contribution is 2.11. The zero-order valence-corrected chi connectivity index (χ0v) is 13.9. The Hall–Kier alpha value is -1.44. The zero-order chi connectivity index (χ0) is 16.8. The number of hydrogen-bond acceptors (Lipinski definition) is 5. The van der Waals surface area contributed by atoms with Crippen LogP contribution in [0.1, 0.15) is 18.9 Å². The third-order valence-electron chi connectivity index (χ3n) is 3.11. The Bertz CT molecular complexity index is 593. The predicted molar refractivity (Wildman–Crippen MR) is 83.4 cm³/mol. The Balaban J connectivity index is 2.45. The summed E-state index contributed by atoms with van der Waals surface area (Å²) in [5, 5.41) is 12.5. The molecule has 7 heteroatoms. The first-order chi connectivity index (χ1) is 10.1. The van der Waals surface area contributed by atoms with Gasteiger partial charge in [-0.15, -0.1) is 0 Å². The average molecular weight is 329 g/mol. The fraction of sp³-hybridized carbons (Fsp3) is 0.533. The summed E-state index contributed by atoms with van der Waals surface area (Å²) in [5.41, 5.74) is -0.215. The molecular formula is C15H23NO5S. The third kappa shape index (κ3) is 6.55. The summed E-state index contributed by atoms with van der Waals surface area (Å²) in [6.45, 7) is 1.84. The lowest BCUT2D eigenvalue weighted by atomic mass is 10.1. The van der Waals surface area contributed by atoms with Crippen LogP contribution in [0.2, 0.25) is 0 Å². The molecule has 0 bridgehead atoms. The molecule has 1 aromatic rings. The molecule has 22 heavy (non-hydrogen) atoms. The van der Waals surface area contributed by atoms with E-state index < -0.39 is 15.4 Å². The SMILES string of the molecule is COCC(C)(O)CNC(=O)CCc1ccc(S(C)(=O)=O)cc1. The van der Waals surface area contributed by atoms with Crippen molar-refractivity contribution in [2.24, 2.45) is 0 Å². The number of carbonyl (C=O) groups excluding carboxylic acids is 1. The van der Waals surface area contributed by atoms with Crippen molar-refractivity contribution in [3.05, 3.63) is 29.8 Å². The minimum Gasteiger partial charge on any atom is -0.386 e. The van der Waals surface area contributed by atoms with Crippen molar-refractivity contribution in [1.82, 2.24) is 5.32 Å². The molecule has 1 atom stereocenters. The van der Waals surface area contributed by atoms with Crippen LogP contribution in [0.25, 0.3) is 0 Å². The summed E-state index contributed by atoms with van der Waals surface area (Å²) in [5.74, 6) is -0.177. The molecule has 0 radical (unpaired) electrons. The molecule has 1 amide bonds. The Morgan fingerprint density at radius 2 is 1.91 bits per heavy atom. The maximum absolute atomic E-state index is 11.7. The Labute approximate surface area is 131 Å². The number of amides is 1. The number of methoxy groups -OCH3 is 1. The number of ether oxygens (including phenoxy) is 1. The summed E-state index contributed by atoms with van der Waals surface area (Å²) in [6.07, 6.45) is 1.92. The molecule has 0 aliphatic heterocycles. The molecule has 0 heterocycles. The molecule has 0 spiro atoms. The van der Waals surface area contributed by atoms with Crippen LogP contribution in [0.4, 0.5) is 0 Å². The van der Waals surface area contributed by atoms with Gasteiger partial charge in [-0.05, 0) is 31.0 Å². The smallest absolute Gasteiger partial charge is 0.220 e. The first-order valence-corrected chi connectivity index (χ1v) is 8.80. The van der Waals surface area contributed by atoms with Crippen molar-refractivity contribution in [2.45, 2.75) is 30.3 Å². The molecule has 124 valence electrons. The maximum atomic E-state index is 11.7. The maximum Gasteiger partial charge on any atom is 0.220 e. The number of sulfone groups is 1. The summed E-state index contributed by atoms with van der Waals surface area (Å²) in [4.78, 5) is 12.0. The van der Waals surface area contributed by atoms with E-state index in [1.165, 1.54) is 19.2 Å². The second-order valence-electron chi connectivity index (χ2n) is 5.62. The average Bonchev–Trinajstić information content (AvgIpc) is 2.42. The van der Waals surface area contributed by atoms with Gasteiger partial charge in [-0.3, -0.25) is 4.79 Å². The van der Waals surface area contributed by atoms with Crippen LogP contribution in [0.5, 0.6) is 0 Å². The minimum absolute atomic E-state index is 0.118. The van der Waals surface area contributed by atoms with Crippen molar-refractivity contribution in [3.8, 4) is 0 Å². The lowest BCUT2D eigenvalue weighted by Gasteiger charge is -2.22. The van der Waals surface area contributed by atoms with Gasteiger partial charge in [0.25, 0.3) is 0 Å². The molecular weight excluding hydrogens is 306 g/mol. The van der Waals surface area contributed by atoms with Crippen molar-refractivity contribution in [3.63, 3.8) is 0 Å². The van der Waals surface area contributed by atoms with Crippen molar-refractivity contribution in [2.75, 3.05) is 26.5 Å². The monoisotopic (exact) mass is 329 g/mol. The predicted octanol–water partition coefficient (Wildman–Crippen LogP) is 0.536. The molecule has 1 aromatic carbocycles. The highest BCUT2D eigenvalue weighted by Gasteiger charge is 2.20. The first-order valence-electron chi connectivity index (χ1n) is 6.91. The molecule has 1 unspecified atom stereocenters. The van der Waals surface area contributed by atoms with Crippen LogP contribution in [0.3, 0.4) is 0 Å². The van der Waals surface area contributed by atoms with Crippen LogP contribution >= 0.6 is 0 Å². The minimum atomic E-state index is -3.20. The van der Waals surface area contributed by atoms with Crippen LogP contribution in [-0.4, -0.2) is 51.5 Å². The molecule has 0 fully saturated rings. The quantitative estimate of drug-likeness (QED) is 0.726. The van der Waals surface area contributed by atoms with Gasteiger partial charge in [0, 0.05) is 26.3 Å². The van der Waals surface area contributed by atoms with E-state index in [0.29, 0.717) is 6.42 Å². The van der Waals surface area contributed by atoms with Gasteiger partial charge in [0.05, 0.1) is 11.5 Å². The first kappa shape index (κ1) is 18.6. The van der Waals surface area contributed by atoms with Gasteiger partial charge in [0.1, 0.15) is 5.60 Å². The van der Waals surface area contributed by atoms with Gasteiger partial charge in [-0.2, -0.15) is 0 Å². The Morgan fingerprint density at radius 3 is 2.41 bits per heavy atom. The second kappa shape index (κ2) is 7.71. The van der Waals surface area contributed by atoms with E-state index in [1.54, 1.807) is 19.1 Å². The number of benzene rings is 1. The molecule has 1 rings (SSSR count). The van der Waals surface area contributed by atoms with Crippen molar-refractivity contribution >= 4 is 15.7 Å². The van der Waals surface area contributed by atoms with Crippen molar-refractivity contribution in [1.29, 1.82) is 0 Å². The number of aliphatic hydroxyl groups is 1. The van der Waals surface area contributed by atoms with E-state index in [4.69, 9.17) is 4.74 Å². The van der Waals surface area contributed by atoms with Crippen LogP contribution in [-0.2, 0) is 25.8 Å². The number of rotatable bonds is 8. The van der Waals surface area contributed by atoms with Crippen LogP contribution in [0.15, 0.2) is 29.2 Å². The van der Waals surface area contributed by atoms with Gasteiger partial charge in [0.2, 0.25) is 5.91 Å². The van der Waals surface area contributed by atoms with Gasteiger partial charge >= 0.3 is 0 Å². The number of aryl methyl sites for hydroxylation is 1. The summed E-state index contributed by atoms with van der Waals surface area (Å²) in [6, 6.07) is 6.47. The van der Waals surface area contributed by atoms with Gasteiger partial charge in [-0.1, -0.05) is 12.1 Å². The molecule has 0 aromatic heterocycles. The van der Waals surface area contributed by atoms with E-state index in [9.17, 15) is 18.3 Å². The van der Waals surface area contributed by atoms with E-state index in [1.807, 2.05) is 0 Å². The Kier molecular flexibility index (Phi) is 6.52. The molecule has 0 aliphatic rings. The summed E-state index contributed by atoms with van der Waals surface area (Å²) in [7, 11) is -1.72. The topological polar surface area (TPSA) is 92.7 Å². The fourth-order valence-electron chi connectivity index (χ4n) is 1.90. The van der Waals surface area contributed by atoms with Gasteiger partial charge < -0.3 is 15.2 Å². The second-order valence-corrected chi connectivity index (χ2v) is 7.64. The zero-order valence-electron chi connectivity index (χ0n) is 13.1.